The summed E-state index contributed by atoms with van der Waals surface area (Å²) in [6.07, 6.45) is 5.39. The van der Waals surface area contributed by atoms with Gasteiger partial charge in [0.15, 0.2) is 0 Å². The Balaban J connectivity index is 0. The van der Waals surface area contributed by atoms with Gasteiger partial charge in [-0.05, 0) is 11.5 Å². The maximum Gasteiger partial charge on any atom is 0.0943 e. The molecule has 19 heavy (non-hydrogen) atoms. The van der Waals surface area contributed by atoms with Crippen LogP contribution in [0.1, 0.15) is 53.0 Å². The van der Waals surface area contributed by atoms with E-state index in [0.717, 1.165) is 0 Å². The van der Waals surface area contributed by atoms with Gasteiger partial charge in [0, 0.05) is 19.4 Å². The van der Waals surface area contributed by atoms with E-state index in [-0.39, 0.29) is 0 Å². The zero-order valence-corrected chi connectivity index (χ0v) is 13.6. The normalized spacial score (nSPS) is 8.21. The molecule has 0 aliphatic rings. The predicted octanol–water partition coefficient (Wildman–Crippen LogP) is 5.28. The first-order valence-corrected chi connectivity index (χ1v) is 7.17. The molecule has 2 heteroatoms. The Morgan fingerprint density at radius 3 is 1.68 bits per heavy atom. The highest BCUT2D eigenvalue weighted by molar-refractivity contribution is 5.17. The van der Waals surface area contributed by atoms with Crippen molar-refractivity contribution in [3.63, 3.8) is 0 Å². The number of hydrogen-bond donors (Lipinski definition) is 0. The molecular weight excluding hydrogens is 232 g/mol. The van der Waals surface area contributed by atoms with Crippen LogP contribution in [0.3, 0.4) is 0 Å². The van der Waals surface area contributed by atoms with Crippen LogP contribution in [0.2, 0.25) is 0 Å². The fourth-order valence-corrected chi connectivity index (χ4v) is 1.16. The number of imidazole rings is 1. The molecule has 108 valence electrons. The van der Waals surface area contributed by atoms with Crippen LogP contribution in [0.15, 0.2) is 49.1 Å². The maximum absolute atomic E-state index is 3.78. The van der Waals surface area contributed by atoms with Crippen molar-refractivity contribution in [1.29, 1.82) is 0 Å². The van der Waals surface area contributed by atoms with Crippen molar-refractivity contribution in [2.45, 2.75) is 47.5 Å². The van der Waals surface area contributed by atoms with Gasteiger partial charge in [-0.3, -0.25) is 0 Å². The van der Waals surface area contributed by atoms with Gasteiger partial charge >= 0.3 is 0 Å². The summed E-state index contributed by atoms with van der Waals surface area (Å²) in [4.78, 5) is 3.78. The third-order valence-corrected chi connectivity index (χ3v) is 2.10. The molecule has 2 aromatic rings. The minimum absolute atomic E-state index is 0.659. The molecule has 0 bridgehead atoms. The van der Waals surface area contributed by atoms with E-state index < -0.39 is 0 Å². The lowest BCUT2D eigenvalue weighted by Crippen LogP contribution is -1.83. The molecule has 1 heterocycles. The van der Waals surface area contributed by atoms with Crippen LogP contribution in [-0.4, -0.2) is 9.55 Å². The van der Waals surface area contributed by atoms with E-state index in [1.165, 1.54) is 5.56 Å². The van der Waals surface area contributed by atoms with Gasteiger partial charge in [0.1, 0.15) is 0 Å². The van der Waals surface area contributed by atoms with Crippen molar-refractivity contribution in [2.24, 2.45) is 7.05 Å². The quantitative estimate of drug-likeness (QED) is 0.683. The fourth-order valence-electron chi connectivity index (χ4n) is 1.16. The van der Waals surface area contributed by atoms with Gasteiger partial charge in [-0.1, -0.05) is 71.9 Å². The molecule has 0 spiro atoms. The van der Waals surface area contributed by atoms with E-state index in [2.05, 4.69) is 43.1 Å². The molecule has 0 amide bonds. The van der Waals surface area contributed by atoms with E-state index in [1.807, 2.05) is 51.6 Å². The van der Waals surface area contributed by atoms with Crippen molar-refractivity contribution < 1.29 is 0 Å². The van der Waals surface area contributed by atoms with Crippen LogP contribution in [-0.2, 0) is 7.05 Å². The average Bonchev–Trinajstić information content (AvgIpc) is 2.96. The minimum atomic E-state index is 0.659. The summed E-state index contributed by atoms with van der Waals surface area (Å²) in [6, 6.07) is 10.5. The zero-order valence-electron chi connectivity index (χ0n) is 13.6. The number of aryl methyl sites for hydroxylation is 1. The van der Waals surface area contributed by atoms with Crippen molar-refractivity contribution in [2.75, 3.05) is 0 Å². The van der Waals surface area contributed by atoms with E-state index in [9.17, 15) is 0 Å². The number of rotatable bonds is 1. The molecule has 0 aliphatic heterocycles. The Bertz CT molecular complexity index is 350. The van der Waals surface area contributed by atoms with Crippen molar-refractivity contribution in [1.82, 2.24) is 9.55 Å². The lowest BCUT2D eigenvalue weighted by molar-refractivity contribution is 0.867. The largest absolute Gasteiger partial charge is 0.341 e. The first-order chi connectivity index (χ1) is 9.20. The van der Waals surface area contributed by atoms with E-state index in [1.54, 1.807) is 12.5 Å². The molecule has 0 N–H and O–H groups in total. The first kappa shape index (κ1) is 19.8. The number of aromatic nitrogens is 2. The van der Waals surface area contributed by atoms with Gasteiger partial charge in [-0.25, -0.2) is 4.98 Å². The van der Waals surface area contributed by atoms with Crippen molar-refractivity contribution in [3.05, 3.63) is 54.6 Å². The van der Waals surface area contributed by atoms with Gasteiger partial charge in [0.2, 0.25) is 0 Å². The summed E-state index contributed by atoms with van der Waals surface area (Å²) in [6.45, 7) is 12.4. The molecule has 0 saturated carbocycles. The number of hydrogen-bond acceptors (Lipinski definition) is 1. The second-order valence-electron chi connectivity index (χ2n) is 3.79. The van der Waals surface area contributed by atoms with Gasteiger partial charge < -0.3 is 4.57 Å². The van der Waals surface area contributed by atoms with Gasteiger partial charge in [0.25, 0.3) is 0 Å². The average molecular weight is 262 g/mol. The molecule has 0 unspecified atom stereocenters. The molecule has 1 aromatic heterocycles. The summed E-state index contributed by atoms with van der Waals surface area (Å²) in [7, 11) is 1.94. The van der Waals surface area contributed by atoms with Crippen molar-refractivity contribution >= 4 is 0 Å². The summed E-state index contributed by atoms with van der Waals surface area (Å²) < 4.78 is 1.89. The third-order valence-electron chi connectivity index (χ3n) is 2.10. The zero-order chi connectivity index (χ0) is 15.1. The van der Waals surface area contributed by atoms with Crippen LogP contribution >= 0.6 is 0 Å². The van der Waals surface area contributed by atoms with E-state index in [0.29, 0.717) is 5.92 Å². The highest BCUT2D eigenvalue weighted by atomic mass is 15.0. The Hall–Kier alpha value is -1.57. The predicted molar refractivity (Wildman–Crippen MR) is 86.4 cm³/mol. The molecule has 0 fully saturated rings. The lowest BCUT2D eigenvalue weighted by Gasteiger charge is -2.01. The van der Waals surface area contributed by atoms with Crippen molar-refractivity contribution in [3.8, 4) is 0 Å². The number of benzene rings is 1. The second-order valence-corrected chi connectivity index (χ2v) is 3.79. The molecule has 0 aliphatic carbocycles. The second kappa shape index (κ2) is 14.5. The lowest BCUT2D eigenvalue weighted by atomic mass is 10.0. The monoisotopic (exact) mass is 262 g/mol. The summed E-state index contributed by atoms with van der Waals surface area (Å²) in [5.74, 6) is 0.659. The molecule has 2 nitrogen and oxygen atoms in total. The topological polar surface area (TPSA) is 17.8 Å². The van der Waals surface area contributed by atoms with Gasteiger partial charge in [-0.15, -0.1) is 0 Å². The van der Waals surface area contributed by atoms with Crippen LogP contribution in [0.5, 0.6) is 0 Å². The van der Waals surface area contributed by atoms with Crippen LogP contribution in [0.25, 0.3) is 0 Å². The molecule has 0 atom stereocenters. The maximum atomic E-state index is 3.78. The number of nitrogens with zero attached hydrogens (tertiary/aromatic N) is 2. The Morgan fingerprint density at radius 2 is 1.47 bits per heavy atom. The first-order valence-electron chi connectivity index (χ1n) is 7.17. The van der Waals surface area contributed by atoms with Gasteiger partial charge in [-0.2, -0.15) is 0 Å². The van der Waals surface area contributed by atoms with E-state index >= 15 is 0 Å². The highest BCUT2D eigenvalue weighted by Crippen LogP contribution is 2.11. The summed E-state index contributed by atoms with van der Waals surface area (Å²) in [5.41, 5.74) is 1.41. The van der Waals surface area contributed by atoms with Crippen LogP contribution < -0.4 is 0 Å². The van der Waals surface area contributed by atoms with E-state index in [4.69, 9.17) is 0 Å². The highest BCUT2D eigenvalue weighted by Gasteiger charge is 1.93. The van der Waals surface area contributed by atoms with Crippen LogP contribution in [0.4, 0.5) is 0 Å². The Kier molecular flexibility index (Phi) is 15.1. The Labute approximate surface area is 119 Å². The van der Waals surface area contributed by atoms with Crippen LogP contribution in [0, 0.1) is 0 Å². The third kappa shape index (κ3) is 11.3. The molecule has 1 aromatic carbocycles. The van der Waals surface area contributed by atoms with Gasteiger partial charge in [0.05, 0.1) is 6.33 Å². The fraction of sp³-hybridized carbons (Fsp3) is 0.471. The Morgan fingerprint density at radius 1 is 0.947 bits per heavy atom. The molecule has 0 radical (unpaired) electrons. The summed E-state index contributed by atoms with van der Waals surface area (Å²) >= 11 is 0. The molecule has 2 rings (SSSR count). The minimum Gasteiger partial charge on any atom is -0.341 e. The summed E-state index contributed by atoms with van der Waals surface area (Å²) in [5, 5.41) is 0. The standard InChI is InChI=1S/C9H12.C4H6N2.2C2H6/c1-8(2)9-6-4-3-5-7-9;1-6-3-2-5-4-6;2*1-2/h3-8H,1-2H3;2-4H,1H3;2*1-2H3. The molecule has 0 saturated heterocycles. The smallest absolute Gasteiger partial charge is 0.0943 e. The molecular formula is C17H30N2. The SMILES string of the molecule is CC.CC.CC(C)c1ccccc1.Cn1ccnc1.